The van der Waals surface area contributed by atoms with Gasteiger partial charge < -0.3 is 14.8 Å². The second-order valence-corrected chi connectivity index (χ2v) is 7.32. The third kappa shape index (κ3) is 4.77. The second kappa shape index (κ2) is 8.41. The summed E-state index contributed by atoms with van der Waals surface area (Å²) in [6.45, 7) is 3.00. The molecule has 5 heteroatoms. The molecule has 1 heterocycles. The summed E-state index contributed by atoms with van der Waals surface area (Å²) in [5.41, 5.74) is 2.63. The van der Waals surface area contributed by atoms with Crippen LogP contribution in [-0.2, 0) is 10.5 Å². The first-order chi connectivity index (χ1) is 12.2. The van der Waals surface area contributed by atoms with E-state index in [1.807, 2.05) is 60.3 Å². The first kappa shape index (κ1) is 17.8. The molecule has 2 aromatic carbocycles. The molecule has 0 bridgehead atoms. The number of benzene rings is 2. The zero-order valence-electron chi connectivity index (χ0n) is 14.5. The fourth-order valence-electron chi connectivity index (χ4n) is 2.76. The van der Waals surface area contributed by atoms with Gasteiger partial charge in [-0.2, -0.15) is 11.8 Å². The van der Waals surface area contributed by atoms with Crippen molar-refractivity contribution in [3.63, 3.8) is 0 Å². The molecule has 1 N–H and O–H groups in total. The van der Waals surface area contributed by atoms with Crippen molar-refractivity contribution < 1.29 is 14.3 Å². The van der Waals surface area contributed by atoms with Gasteiger partial charge in [0.1, 0.15) is 5.75 Å². The van der Waals surface area contributed by atoms with Gasteiger partial charge in [0.25, 0.3) is 5.91 Å². The number of amides is 1. The number of ether oxygens (including phenoxy) is 2. The van der Waals surface area contributed by atoms with Crippen molar-refractivity contribution in [2.75, 3.05) is 19.0 Å². The molecule has 3 rings (SSSR count). The van der Waals surface area contributed by atoms with Crippen LogP contribution in [0.1, 0.15) is 29.3 Å². The molecule has 2 unspecified atom stereocenters. The predicted molar refractivity (Wildman–Crippen MR) is 103 cm³/mol. The van der Waals surface area contributed by atoms with E-state index >= 15 is 0 Å². The van der Waals surface area contributed by atoms with Crippen molar-refractivity contribution in [1.29, 1.82) is 0 Å². The van der Waals surface area contributed by atoms with Gasteiger partial charge in [-0.25, -0.2) is 0 Å². The Kier molecular flexibility index (Phi) is 6.00. The van der Waals surface area contributed by atoms with E-state index in [-0.39, 0.29) is 5.91 Å². The summed E-state index contributed by atoms with van der Waals surface area (Å²) < 4.78 is 10.7. The van der Waals surface area contributed by atoms with E-state index in [2.05, 4.69) is 12.2 Å². The lowest BCUT2D eigenvalue weighted by atomic mass is 10.1. The zero-order valence-corrected chi connectivity index (χ0v) is 15.3. The summed E-state index contributed by atoms with van der Waals surface area (Å²) in [7, 11) is 1.62. The number of hydrogen-bond donors (Lipinski definition) is 1. The zero-order chi connectivity index (χ0) is 17.6. The van der Waals surface area contributed by atoms with E-state index in [4.69, 9.17) is 9.47 Å². The lowest BCUT2D eigenvalue weighted by Gasteiger charge is -2.13. The van der Waals surface area contributed by atoms with Crippen LogP contribution in [0, 0.1) is 0 Å². The standard InChI is InChI=1S/C20H23NO3S/c1-14-19(11-12-24-14)25-13-15-3-5-16(6-4-15)20(22)21-17-7-9-18(23-2)10-8-17/h3-10,14,19H,11-13H2,1-2H3,(H,21,22). The number of methoxy groups -OCH3 is 1. The number of carbonyl (C=O) groups excluding carboxylic acids is 1. The number of nitrogens with one attached hydrogen (secondary N) is 1. The molecule has 4 nitrogen and oxygen atoms in total. The first-order valence-corrected chi connectivity index (χ1v) is 9.48. The van der Waals surface area contributed by atoms with Gasteiger partial charge in [-0.15, -0.1) is 0 Å². The Morgan fingerprint density at radius 2 is 1.92 bits per heavy atom. The van der Waals surface area contributed by atoms with Crippen molar-refractivity contribution >= 4 is 23.4 Å². The Bertz CT molecular complexity index is 700. The molecule has 0 saturated carbocycles. The molecule has 1 aliphatic heterocycles. The third-order valence-electron chi connectivity index (χ3n) is 4.33. The van der Waals surface area contributed by atoms with E-state index in [9.17, 15) is 4.79 Å². The third-order valence-corrected chi connectivity index (χ3v) is 5.88. The molecule has 0 aromatic heterocycles. The lowest BCUT2D eigenvalue weighted by molar-refractivity contribution is 0.102. The monoisotopic (exact) mass is 357 g/mol. The molecule has 1 fully saturated rings. The highest BCUT2D eigenvalue weighted by Crippen LogP contribution is 2.29. The number of rotatable bonds is 6. The van der Waals surface area contributed by atoms with Crippen molar-refractivity contribution in [3.8, 4) is 5.75 Å². The minimum absolute atomic E-state index is 0.109. The lowest BCUT2D eigenvalue weighted by Crippen LogP contribution is -2.13. The van der Waals surface area contributed by atoms with Crippen LogP contribution in [0.2, 0.25) is 0 Å². The largest absolute Gasteiger partial charge is 0.497 e. The van der Waals surface area contributed by atoms with Gasteiger partial charge in [0.15, 0.2) is 0 Å². The van der Waals surface area contributed by atoms with E-state index in [0.717, 1.165) is 30.2 Å². The number of hydrogen-bond acceptors (Lipinski definition) is 4. The molecule has 2 aromatic rings. The minimum atomic E-state index is -0.109. The van der Waals surface area contributed by atoms with Crippen molar-refractivity contribution in [2.24, 2.45) is 0 Å². The van der Waals surface area contributed by atoms with Crippen LogP contribution >= 0.6 is 11.8 Å². The van der Waals surface area contributed by atoms with Crippen LogP contribution in [0.15, 0.2) is 48.5 Å². The smallest absolute Gasteiger partial charge is 0.255 e. The average Bonchev–Trinajstić information content (AvgIpc) is 3.06. The summed E-state index contributed by atoms with van der Waals surface area (Å²) in [6, 6.07) is 15.1. The van der Waals surface area contributed by atoms with Gasteiger partial charge in [-0.05, 0) is 55.3 Å². The van der Waals surface area contributed by atoms with Crippen LogP contribution in [0.25, 0.3) is 0 Å². The van der Waals surface area contributed by atoms with Gasteiger partial charge in [0.05, 0.1) is 13.2 Å². The Hall–Kier alpha value is -1.98. The minimum Gasteiger partial charge on any atom is -0.497 e. The maximum atomic E-state index is 12.3. The topological polar surface area (TPSA) is 47.6 Å². The quantitative estimate of drug-likeness (QED) is 0.834. The molecule has 0 spiro atoms. The summed E-state index contributed by atoms with van der Waals surface area (Å²) in [4.78, 5) is 12.3. The van der Waals surface area contributed by atoms with Gasteiger partial charge in [-0.3, -0.25) is 4.79 Å². The van der Waals surface area contributed by atoms with E-state index < -0.39 is 0 Å². The average molecular weight is 357 g/mol. The molecule has 0 radical (unpaired) electrons. The highest BCUT2D eigenvalue weighted by Gasteiger charge is 2.24. The summed E-state index contributed by atoms with van der Waals surface area (Å²) in [6.07, 6.45) is 1.45. The van der Waals surface area contributed by atoms with Crippen LogP contribution in [0.4, 0.5) is 5.69 Å². The summed E-state index contributed by atoms with van der Waals surface area (Å²) >= 11 is 1.93. The maximum absolute atomic E-state index is 12.3. The molecule has 1 saturated heterocycles. The molecule has 132 valence electrons. The highest BCUT2D eigenvalue weighted by atomic mass is 32.2. The predicted octanol–water partition coefficient (Wildman–Crippen LogP) is 4.36. The van der Waals surface area contributed by atoms with Gasteiger partial charge >= 0.3 is 0 Å². The molecule has 1 amide bonds. The SMILES string of the molecule is COc1ccc(NC(=O)c2ccc(CSC3CCOC3C)cc2)cc1. The molecule has 0 aliphatic carbocycles. The van der Waals surface area contributed by atoms with Crippen LogP contribution in [0.5, 0.6) is 5.75 Å². The van der Waals surface area contributed by atoms with Gasteiger partial charge in [-0.1, -0.05) is 12.1 Å². The van der Waals surface area contributed by atoms with Gasteiger partial charge in [0, 0.05) is 28.9 Å². The maximum Gasteiger partial charge on any atom is 0.255 e. The fraction of sp³-hybridized carbons (Fsp3) is 0.350. The molecule has 25 heavy (non-hydrogen) atoms. The second-order valence-electron chi connectivity index (χ2n) is 6.09. The van der Waals surface area contributed by atoms with Gasteiger partial charge in [0.2, 0.25) is 0 Å². The highest BCUT2D eigenvalue weighted by molar-refractivity contribution is 7.99. The van der Waals surface area contributed by atoms with E-state index in [0.29, 0.717) is 16.9 Å². The number of anilines is 1. The van der Waals surface area contributed by atoms with Crippen molar-refractivity contribution in [3.05, 3.63) is 59.7 Å². The Morgan fingerprint density at radius 1 is 1.20 bits per heavy atom. The van der Waals surface area contributed by atoms with E-state index in [1.54, 1.807) is 7.11 Å². The van der Waals surface area contributed by atoms with Crippen molar-refractivity contribution in [2.45, 2.75) is 30.5 Å². The number of thioether (sulfide) groups is 1. The molecular weight excluding hydrogens is 334 g/mol. The molecule has 2 atom stereocenters. The Balaban J connectivity index is 1.54. The number of carbonyl (C=O) groups is 1. The molecular formula is C20H23NO3S. The first-order valence-electron chi connectivity index (χ1n) is 8.43. The van der Waals surface area contributed by atoms with Crippen LogP contribution < -0.4 is 10.1 Å². The van der Waals surface area contributed by atoms with Crippen LogP contribution in [-0.4, -0.2) is 31.0 Å². The van der Waals surface area contributed by atoms with Crippen molar-refractivity contribution in [1.82, 2.24) is 0 Å². The normalized spacial score (nSPS) is 19.6. The fourth-order valence-corrected chi connectivity index (χ4v) is 3.98. The molecule has 1 aliphatic rings. The van der Waals surface area contributed by atoms with E-state index in [1.165, 1.54) is 5.56 Å². The summed E-state index contributed by atoms with van der Waals surface area (Å²) in [5.74, 6) is 1.60. The van der Waals surface area contributed by atoms with Crippen LogP contribution in [0.3, 0.4) is 0 Å². The Morgan fingerprint density at radius 3 is 2.52 bits per heavy atom. The Labute approximate surface area is 152 Å². The summed E-state index contributed by atoms with van der Waals surface area (Å²) in [5, 5.41) is 3.46.